The van der Waals surface area contributed by atoms with E-state index in [1.165, 1.54) is 24.3 Å². The Morgan fingerprint density at radius 3 is 3.00 bits per heavy atom. The predicted octanol–water partition coefficient (Wildman–Crippen LogP) is 3.77. The molecule has 3 rings (SSSR count). The molecule has 20 heavy (non-hydrogen) atoms. The third-order valence-electron chi connectivity index (χ3n) is 3.73. The van der Waals surface area contributed by atoms with E-state index in [1.54, 1.807) is 17.6 Å². The fourth-order valence-electron chi connectivity index (χ4n) is 2.78. The first-order valence-electron chi connectivity index (χ1n) is 6.95. The highest BCUT2D eigenvalue weighted by molar-refractivity contribution is 7.16. The number of nitrogens with zero attached hydrogens (tertiary/aromatic N) is 1. The fraction of sp³-hybridized carbons (Fsp3) is 0.467. The summed E-state index contributed by atoms with van der Waals surface area (Å²) in [7, 11) is 2.18. The van der Waals surface area contributed by atoms with Gasteiger partial charge >= 0.3 is 0 Å². The molecule has 108 valence electrons. The highest BCUT2D eigenvalue weighted by Gasteiger charge is 2.25. The molecule has 3 nitrogen and oxygen atoms in total. The molecule has 1 aliphatic rings. The van der Waals surface area contributed by atoms with Crippen LogP contribution < -0.4 is 5.32 Å². The summed E-state index contributed by atoms with van der Waals surface area (Å²) in [6.07, 6.45) is 4.18. The Morgan fingerprint density at radius 2 is 2.35 bits per heavy atom. The van der Waals surface area contributed by atoms with Crippen molar-refractivity contribution in [2.24, 2.45) is 0 Å². The van der Waals surface area contributed by atoms with Crippen LogP contribution in [0.25, 0.3) is 0 Å². The number of piperidine rings is 1. The maximum absolute atomic E-state index is 6.08. The monoisotopic (exact) mass is 310 g/mol. The summed E-state index contributed by atoms with van der Waals surface area (Å²) in [5, 5.41) is 3.73. The topological polar surface area (TPSA) is 28.4 Å². The summed E-state index contributed by atoms with van der Waals surface area (Å²) in [5.74, 6) is 0.955. The van der Waals surface area contributed by atoms with E-state index >= 15 is 0 Å². The Morgan fingerprint density at radius 1 is 1.45 bits per heavy atom. The molecule has 2 aromatic heterocycles. The van der Waals surface area contributed by atoms with Crippen molar-refractivity contribution in [3.8, 4) is 0 Å². The van der Waals surface area contributed by atoms with Crippen LogP contribution in [-0.2, 0) is 0 Å². The standard InChI is InChI=1S/C15H19ClN2OS/c1-18-8-2-4-11(10-18)17-15(12-5-3-9-19-12)13-6-7-14(16)20-13/h3,5-7,9,11,15,17H,2,4,8,10H2,1H3. The third kappa shape index (κ3) is 3.26. The number of halogens is 1. The maximum Gasteiger partial charge on any atom is 0.126 e. The number of thiophene rings is 1. The van der Waals surface area contributed by atoms with Gasteiger partial charge in [-0.3, -0.25) is 5.32 Å². The van der Waals surface area contributed by atoms with Crippen molar-refractivity contribution >= 4 is 22.9 Å². The second kappa shape index (κ2) is 6.31. The van der Waals surface area contributed by atoms with Crippen LogP contribution in [0.5, 0.6) is 0 Å². The molecular formula is C15H19ClN2OS. The number of rotatable bonds is 4. The zero-order valence-corrected chi connectivity index (χ0v) is 13.1. The van der Waals surface area contributed by atoms with Gasteiger partial charge in [-0.1, -0.05) is 11.6 Å². The Labute approximate surface area is 128 Å². The summed E-state index contributed by atoms with van der Waals surface area (Å²) in [5.41, 5.74) is 0. The lowest BCUT2D eigenvalue weighted by atomic mass is 10.0. The minimum absolute atomic E-state index is 0.0963. The Hall–Kier alpha value is -0.810. The SMILES string of the molecule is CN1CCCC(NC(c2ccco2)c2ccc(Cl)s2)C1. The molecule has 3 heterocycles. The van der Waals surface area contributed by atoms with E-state index in [-0.39, 0.29) is 6.04 Å². The van der Waals surface area contributed by atoms with E-state index in [0.29, 0.717) is 6.04 Å². The van der Waals surface area contributed by atoms with Crippen molar-refractivity contribution in [3.05, 3.63) is 45.5 Å². The van der Waals surface area contributed by atoms with Gasteiger partial charge in [-0.25, -0.2) is 0 Å². The highest BCUT2D eigenvalue weighted by atomic mass is 35.5. The Bertz CT molecular complexity index is 540. The molecule has 0 bridgehead atoms. The fourth-order valence-corrected chi connectivity index (χ4v) is 3.91. The number of nitrogens with one attached hydrogen (secondary N) is 1. The van der Waals surface area contributed by atoms with Crippen molar-refractivity contribution in [2.75, 3.05) is 20.1 Å². The number of furan rings is 1. The van der Waals surface area contributed by atoms with Crippen LogP contribution >= 0.6 is 22.9 Å². The average molecular weight is 311 g/mol. The summed E-state index contributed by atoms with van der Waals surface area (Å²) >= 11 is 7.70. The first-order chi connectivity index (χ1) is 9.72. The number of hydrogen-bond donors (Lipinski definition) is 1. The van der Waals surface area contributed by atoms with Crippen LogP contribution in [-0.4, -0.2) is 31.1 Å². The lowest BCUT2D eigenvalue weighted by Gasteiger charge is -2.32. The number of hydrogen-bond acceptors (Lipinski definition) is 4. The van der Waals surface area contributed by atoms with Gasteiger partial charge in [0.15, 0.2) is 0 Å². The summed E-state index contributed by atoms with van der Waals surface area (Å²) in [4.78, 5) is 3.58. The smallest absolute Gasteiger partial charge is 0.126 e. The highest BCUT2D eigenvalue weighted by Crippen LogP contribution is 2.32. The largest absolute Gasteiger partial charge is 0.467 e. The maximum atomic E-state index is 6.08. The van der Waals surface area contributed by atoms with Crippen LogP contribution in [0.1, 0.15) is 29.5 Å². The van der Waals surface area contributed by atoms with E-state index < -0.39 is 0 Å². The van der Waals surface area contributed by atoms with Crippen molar-refractivity contribution in [1.29, 1.82) is 0 Å². The molecule has 0 radical (unpaired) electrons. The molecule has 1 fully saturated rings. The first kappa shape index (κ1) is 14.1. The quantitative estimate of drug-likeness (QED) is 0.932. The lowest BCUT2D eigenvalue weighted by molar-refractivity contribution is 0.217. The second-order valence-corrected chi connectivity index (χ2v) is 7.11. The van der Waals surface area contributed by atoms with Crippen LogP contribution in [0.3, 0.4) is 0 Å². The number of likely N-dealkylation sites (N-methyl/N-ethyl adjacent to an activating group) is 1. The van der Waals surface area contributed by atoms with E-state index in [9.17, 15) is 0 Å². The van der Waals surface area contributed by atoms with Crippen molar-refractivity contribution in [2.45, 2.75) is 24.9 Å². The lowest BCUT2D eigenvalue weighted by Crippen LogP contribution is -2.45. The van der Waals surface area contributed by atoms with Gasteiger partial charge in [-0.2, -0.15) is 0 Å². The van der Waals surface area contributed by atoms with Gasteiger partial charge in [0.1, 0.15) is 11.8 Å². The molecule has 2 atom stereocenters. The molecule has 1 saturated heterocycles. The predicted molar refractivity (Wildman–Crippen MR) is 83.5 cm³/mol. The molecule has 0 amide bonds. The zero-order valence-electron chi connectivity index (χ0n) is 11.5. The van der Waals surface area contributed by atoms with Gasteiger partial charge in [0, 0.05) is 17.5 Å². The average Bonchev–Trinajstić information content (AvgIpc) is 3.07. The summed E-state index contributed by atoms with van der Waals surface area (Å²) in [6, 6.07) is 8.58. The van der Waals surface area contributed by atoms with Gasteiger partial charge < -0.3 is 9.32 Å². The normalized spacial score (nSPS) is 22.0. The molecule has 0 aliphatic carbocycles. The minimum atomic E-state index is 0.0963. The van der Waals surface area contributed by atoms with Gasteiger partial charge in [0.2, 0.25) is 0 Å². The van der Waals surface area contributed by atoms with Crippen molar-refractivity contribution in [3.63, 3.8) is 0 Å². The molecule has 5 heteroatoms. The van der Waals surface area contributed by atoms with E-state index in [0.717, 1.165) is 16.6 Å². The molecule has 2 aromatic rings. The molecule has 0 saturated carbocycles. The van der Waals surface area contributed by atoms with Crippen LogP contribution in [0.15, 0.2) is 34.9 Å². The van der Waals surface area contributed by atoms with E-state index in [4.69, 9.17) is 16.0 Å². The third-order valence-corrected chi connectivity index (χ3v) is 5.03. The van der Waals surface area contributed by atoms with Gasteiger partial charge in [-0.15, -0.1) is 11.3 Å². The minimum Gasteiger partial charge on any atom is -0.467 e. The Balaban J connectivity index is 1.79. The molecule has 0 aromatic carbocycles. The Kier molecular flexibility index (Phi) is 4.46. The zero-order chi connectivity index (χ0) is 13.9. The van der Waals surface area contributed by atoms with Gasteiger partial charge in [-0.05, 0) is 50.7 Å². The molecule has 1 aliphatic heterocycles. The van der Waals surface area contributed by atoms with Gasteiger partial charge in [0.25, 0.3) is 0 Å². The van der Waals surface area contributed by atoms with Crippen LogP contribution in [0.4, 0.5) is 0 Å². The molecular weight excluding hydrogens is 292 g/mol. The summed E-state index contributed by atoms with van der Waals surface area (Å²) < 4.78 is 6.43. The molecule has 0 spiro atoms. The van der Waals surface area contributed by atoms with Crippen molar-refractivity contribution in [1.82, 2.24) is 10.2 Å². The van der Waals surface area contributed by atoms with Crippen LogP contribution in [0.2, 0.25) is 4.34 Å². The van der Waals surface area contributed by atoms with E-state index in [2.05, 4.69) is 23.3 Å². The van der Waals surface area contributed by atoms with Crippen molar-refractivity contribution < 1.29 is 4.42 Å². The molecule has 2 unspecified atom stereocenters. The second-order valence-electron chi connectivity index (χ2n) is 5.36. The van der Waals surface area contributed by atoms with Crippen LogP contribution in [0, 0.1) is 0 Å². The van der Waals surface area contributed by atoms with Gasteiger partial charge in [0.05, 0.1) is 10.6 Å². The number of likely N-dealkylation sites (tertiary alicyclic amines) is 1. The molecule has 1 N–H and O–H groups in total. The van der Waals surface area contributed by atoms with E-state index in [1.807, 2.05) is 18.2 Å². The first-order valence-corrected chi connectivity index (χ1v) is 8.15. The summed E-state index contributed by atoms with van der Waals surface area (Å²) in [6.45, 7) is 2.27.